The molecule has 1 rings (SSSR count). The maximum atomic E-state index is 12.0. The molecule has 0 spiro atoms. The molecule has 0 aliphatic carbocycles. The third-order valence-electron chi connectivity index (χ3n) is 1.40. The average Bonchev–Trinajstić information content (AvgIpc) is 2.03. The monoisotopic (exact) mass is 191 g/mol. The van der Waals surface area contributed by atoms with Crippen LogP contribution < -0.4 is 0 Å². The fourth-order valence-corrected chi connectivity index (χ4v) is 0.974. The van der Waals surface area contributed by atoms with Gasteiger partial charge in [-0.05, 0) is 5.56 Å². The fourth-order valence-electron chi connectivity index (χ4n) is 0.817. The lowest BCUT2D eigenvalue weighted by Gasteiger charge is -2.13. The number of halogens is 3. The van der Waals surface area contributed by atoms with E-state index in [0.29, 0.717) is 0 Å². The highest BCUT2D eigenvalue weighted by molar-refractivity contribution is 7.80. The minimum atomic E-state index is -4.32. The lowest BCUT2D eigenvalue weighted by atomic mass is 10.1. The second-order valence-electron chi connectivity index (χ2n) is 2.33. The molecule has 65 valence electrons. The zero-order valence-corrected chi connectivity index (χ0v) is 6.82. The van der Waals surface area contributed by atoms with Gasteiger partial charge in [0, 0.05) is 0 Å². The Morgan fingerprint density at radius 2 is 1.58 bits per heavy atom. The molecule has 1 atom stereocenters. The van der Waals surface area contributed by atoms with Crippen LogP contribution >= 0.6 is 12.6 Å². The van der Waals surface area contributed by atoms with E-state index in [-0.39, 0.29) is 5.56 Å². The van der Waals surface area contributed by atoms with Gasteiger partial charge in [-0.1, -0.05) is 43.0 Å². The summed E-state index contributed by atoms with van der Waals surface area (Å²) >= 11 is 4.32. The number of rotatable bonds is 1. The van der Waals surface area contributed by atoms with E-state index in [1.807, 2.05) is 0 Å². The molecule has 0 saturated heterocycles. The molecule has 1 aromatic rings. The summed E-state index contributed by atoms with van der Waals surface area (Å²) in [5.41, 5.74) is 0.125. The molecule has 1 aromatic carbocycles. The van der Waals surface area contributed by atoms with E-state index in [4.69, 9.17) is 0 Å². The molecule has 0 fully saturated rings. The van der Waals surface area contributed by atoms with Crippen LogP contribution in [0, 0.1) is 0 Å². The molecule has 1 unspecified atom stereocenters. The molecule has 0 nitrogen and oxygen atoms in total. The Morgan fingerprint density at radius 3 is 2.00 bits per heavy atom. The first kappa shape index (κ1) is 9.45. The predicted octanol–water partition coefficient (Wildman–Crippen LogP) is 3.49. The van der Waals surface area contributed by atoms with E-state index >= 15 is 0 Å². The summed E-state index contributed by atoms with van der Waals surface area (Å²) in [6, 6.07) is 7.50. The number of hydrogen-bond acceptors (Lipinski definition) is 0. The molecule has 0 aliphatic rings. The van der Waals surface area contributed by atoms with Gasteiger partial charge in [-0.25, -0.2) is 0 Å². The largest absolute Gasteiger partial charge is 0.405 e. The molecule has 0 aromatic heterocycles. The molecule has 0 saturated carbocycles. The van der Waals surface area contributed by atoms with Crippen LogP contribution in [0.1, 0.15) is 10.8 Å². The third-order valence-corrected chi connectivity index (χ3v) is 1.94. The first-order valence-corrected chi connectivity index (χ1v) is 3.76. The first-order chi connectivity index (χ1) is 5.52. The summed E-state index contributed by atoms with van der Waals surface area (Å²) < 4.78 is 36.1. The normalized spacial score (nSPS) is 14.3. The predicted molar refractivity (Wildman–Crippen MR) is 42.8 cm³/mol. The molecule has 12 heavy (non-hydrogen) atoms. The summed E-state index contributed by atoms with van der Waals surface area (Å²) in [6.45, 7) is 0. The maximum absolute atomic E-state index is 12.0. The number of hydrogen-bond donors (Lipinski definition) is 0. The van der Waals surface area contributed by atoms with Gasteiger partial charge in [0.15, 0.2) is 0 Å². The van der Waals surface area contributed by atoms with Gasteiger partial charge in [0.05, 0.1) is 0 Å². The van der Waals surface area contributed by atoms with Gasteiger partial charge < -0.3 is 0 Å². The lowest BCUT2D eigenvalue weighted by molar-refractivity contribution is -0.129. The minimum absolute atomic E-state index is 0.125. The van der Waals surface area contributed by atoms with E-state index in [0.717, 1.165) is 0 Å². The van der Waals surface area contributed by atoms with Crippen molar-refractivity contribution in [3.8, 4) is 0 Å². The summed E-state index contributed by atoms with van der Waals surface area (Å²) in [6.07, 6.45) is -4.32. The van der Waals surface area contributed by atoms with Crippen LogP contribution in [-0.4, -0.2) is 6.18 Å². The minimum Gasteiger partial charge on any atom is -0.169 e. The van der Waals surface area contributed by atoms with Crippen LogP contribution in [0.2, 0.25) is 0 Å². The number of benzene rings is 1. The molecule has 1 radical (unpaired) electrons. The third kappa shape index (κ3) is 2.17. The summed E-state index contributed by atoms with van der Waals surface area (Å²) in [5.74, 6) is 0. The second-order valence-corrected chi connectivity index (χ2v) is 2.80. The highest BCUT2D eigenvalue weighted by Gasteiger charge is 2.38. The quantitative estimate of drug-likeness (QED) is 0.637. The molecular weight excluding hydrogens is 185 g/mol. The van der Waals surface area contributed by atoms with Gasteiger partial charge in [0.2, 0.25) is 0 Å². The lowest BCUT2D eigenvalue weighted by Crippen LogP contribution is -2.15. The molecule has 0 heterocycles. The van der Waals surface area contributed by atoms with Crippen molar-refractivity contribution in [2.45, 2.75) is 11.4 Å². The van der Waals surface area contributed by atoms with Gasteiger partial charge in [0.25, 0.3) is 0 Å². The zero-order chi connectivity index (χ0) is 9.19. The molecular formula is C8H6F3S. The highest BCUT2D eigenvalue weighted by Crippen LogP contribution is 2.37. The van der Waals surface area contributed by atoms with E-state index < -0.39 is 11.4 Å². The topological polar surface area (TPSA) is 0 Å². The van der Waals surface area contributed by atoms with Crippen molar-refractivity contribution in [2.75, 3.05) is 0 Å². The van der Waals surface area contributed by atoms with Gasteiger partial charge in [-0.3, -0.25) is 0 Å². The Hall–Kier alpha value is -0.640. The molecule has 0 amide bonds. The highest BCUT2D eigenvalue weighted by atomic mass is 32.1. The van der Waals surface area contributed by atoms with E-state index in [9.17, 15) is 13.2 Å². The Bertz CT molecular complexity index is 242. The van der Waals surface area contributed by atoms with E-state index in [1.54, 1.807) is 18.2 Å². The van der Waals surface area contributed by atoms with Gasteiger partial charge in [-0.2, -0.15) is 13.2 Å². The smallest absolute Gasteiger partial charge is 0.169 e. The van der Waals surface area contributed by atoms with Gasteiger partial charge >= 0.3 is 6.18 Å². The van der Waals surface area contributed by atoms with Crippen molar-refractivity contribution in [1.82, 2.24) is 0 Å². The Balaban J connectivity index is 2.86. The van der Waals surface area contributed by atoms with Crippen LogP contribution in [0.25, 0.3) is 0 Å². The Morgan fingerprint density at radius 1 is 1.08 bits per heavy atom. The SMILES string of the molecule is FC(F)(F)C([S])c1ccccc1. The molecule has 0 aliphatic heterocycles. The van der Waals surface area contributed by atoms with Crippen LogP contribution in [0.15, 0.2) is 30.3 Å². The Kier molecular flexibility index (Phi) is 2.67. The van der Waals surface area contributed by atoms with Crippen molar-refractivity contribution in [3.63, 3.8) is 0 Å². The molecule has 0 bridgehead atoms. The Labute approximate surface area is 73.8 Å². The fraction of sp³-hybridized carbons (Fsp3) is 0.250. The molecule has 0 N–H and O–H groups in total. The number of alkyl halides is 3. The van der Waals surface area contributed by atoms with Crippen molar-refractivity contribution < 1.29 is 13.2 Å². The van der Waals surface area contributed by atoms with Crippen molar-refractivity contribution in [2.24, 2.45) is 0 Å². The summed E-state index contributed by atoms with van der Waals surface area (Å²) in [7, 11) is 0. The van der Waals surface area contributed by atoms with Crippen LogP contribution in [0.3, 0.4) is 0 Å². The zero-order valence-electron chi connectivity index (χ0n) is 6.01. The maximum Gasteiger partial charge on any atom is 0.405 e. The van der Waals surface area contributed by atoms with E-state index in [1.165, 1.54) is 12.1 Å². The van der Waals surface area contributed by atoms with Crippen LogP contribution in [0.5, 0.6) is 0 Å². The average molecular weight is 191 g/mol. The standard InChI is InChI=1S/C8H6F3S/c9-8(10,11)7(12)6-4-2-1-3-5-6/h1-5,7H. The van der Waals surface area contributed by atoms with Crippen molar-refractivity contribution >= 4 is 12.6 Å². The van der Waals surface area contributed by atoms with Gasteiger partial charge in [-0.15, -0.1) is 0 Å². The van der Waals surface area contributed by atoms with Gasteiger partial charge in [0.1, 0.15) is 5.25 Å². The van der Waals surface area contributed by atoms with Crippen LogP contribution in [-0.2, 0) is 0 Å². The van der Waals surface area contributed by atoms with Crippen molar-refractivity contribution in [1.29, 1.82) is 0 Å². The second kappa shape index (κ2) is 3.39. The summed E-state index contributed by atoms with van der Waals surface area (Å²) in [4.78, 5) is 0. The van der Waals surface area contributed by atoms with Crippen LogP contribution in [0.4, 0.5) is 13.2 Å². The first-order valence-electron chi connectivity index (χ1n) is 3.29. The summed E-state index contributed by atoms with van der Waals surface area (Å²) in [5, 5.41) is -1.79. The van der Waals surface area contributed by atoms with E-state index in [2.05, 4.69) is 12.6 Å². The molecule has 4 heteroatoms. The van der Waals surface area contributed by atoms with Crippen molar-refractivity contribution in [3.05, 3.63) is 35.9 Å².